The summed E-state index contributed by atoms with van der Waals surface area (Å²) in [5.74, 6) is -0.808. The number of carbonyl (C=O) groups excluding carboxylic acids is 1. The lowest BCUT2D eigenvalue weighted by Crippen LogP contribution is -2.26. The highest BCUT2D eigenvalue weighted by Gasteiger charge is 2.17. The molecule has 0 radical (unpaired) electrons. The molecule has 2 heterocycles. The van der Waals surface area contributed by atoms with E-state index in [9.17, 15) is 14.7 Å². The van der Waals surface area contributed by atoms with Gasteiger partial charge >= 0.3 is 5.63 Å². The molecule has 1 atom stereocenters. The van der Waals surface area contributed by atoms with Crippen LogP contribution in [0.4, 0.5) is 0 Å². The van der Waals surface area contributed by atoms with Gasteiger partial charge in [0.1, 0.15) is 16.9 Å². The van der Waals surface area contributed by atoms with Crippen LogP contribution >= 0.6 is 0 Å². The number of aryl methyl sites for hydroxylation is 1. The molecule has 1 fully saturated rings. The van der Waals surface area contributed by atoms with Crippen molar-refractivity contribution in [3.63, 3.8) is 0 Å². The van der Waals surface area contributed by atoms with Crippen LogP contribution in [-0.4, -0.2) is 23.6 Å². The Morgan fingerprint density at radius 3 is 2.52 bits per heavy atom. The van der Waals surface area contributed by atoms with Crippen molar-refractivity contribution in [2.24, 2.45) is 0 Å². The van der Waals surface area contributed by atoms with E-state index in [2.05, 4.69) is 6.92 Å². The lowest BCUT2D eigenvalue weighted by Gasteiger charge is -2.26. The molecule has 0 aliphatic carbocycles. The molecule has 27 heavy (non-hydrogen) atoms. The molecule has 5 nitrogen and oxygen atoms in total. The summed E-state index contributed by atoms with van der Waals surface area (Å²) in [5, 5.41) is 10.2. The average molecular weight is 374 g/mol. The number of carbonyl (C=O) groups is 1. The van der Waals surface area contributed by atoms with Gasteiger partial charge in [-0.05, 0) is 38.8 Å². The van der Waals surface area contributed by atoms with Crippen molar-refractivity contribution in [3.05, 3.63) is 39.7 Å². The Morgan fingerprint density at radius 1 is 1.22 bits per heavy atom. The first-order valence-electron chi connectivity index (χ1n) is 9.83. The number of hydrogen-bond donors (Lipinski definition) is 1. The first kappa shape index (κ1) is 21.2. The molecule has 0 saturated carbocycles. The van der Waals surface area contributed by atoms with E-state index in [1.54, 1.807) is 18.2 Å². The number of benzene rings is 1. The zero-order valence-electron chi connectivity index (χ0n) is 16.5. The predicted octanol–water partition coefficient (Wildman–Crippen LogP) is 5.15. The fraction of sp³-hybridized carbons (Fsp3) is 0.545. The molecular formula is C22H30O5. The Hall–Kier alpha value is -2.14. The van der Waals surface area contributed by atoms with E-state index in [0.717, 1.165) is 12.2 Å². The lowest BCUT2D eigenvalue weighted by molar-refractivity contribution is -0.0555. The van der Waals surface area contributed by atoms with Crippen molar-refractivity contribution >= 4 is 16.8 Å². The van der Waals surface area contributed by atoms with Gasteiger partial charge in [-0.2, -0.15) is 0 Å². The Labute approximate surface area is 160 Å². The Balaban J connectivity index is 0.000000208. The van der Waals surface area contributed by atoms with Crippen LogP contribution in [0.1, 0.15) is 74.7 Å². The zero-order chi connectivity index (χ0) is 19.8. The van der Waals surface area contributed by atoms with Crippen LogP contribution in [0.15, 0.2) is 27.4 Å². The number of Topliss-reactive ketones (excluding diaryl/α,β-unsaturated/α-hetero) is 1. The van der Waals surface area contributed by atoms with Crippen molar-refractivity contribution in [1.29, 1.82) is 0 Å². The molecule has 1 saturated heterocycles. The third-order valence-electron chi connectivity index (χ3n) is 4.81. The first-order chi connectivity index (χ1) is 12.9. The summed E-state index contributed by atoms with van der Waals surface area (Å²) < 4.78 is 10.3. The van der Waals surface area contributed by atoms with E-state index in [4.69, 9.17) is 9.15 Å². The molecule has 3 rings (SSSR count). The molecule has 2 aromatic rings. The minimum Gasteiger partial charge on any atom is -0.506 e. The van der Waals surface area contributed by atoms with Crippen LogP contribution in [0.5, 0.6) is 5.75 Å². The highest BCUT2D eigenvalue weighted by Crippen LogP contribution is 2.27. The number of hydrogen-bond acceptors (Lipinski definition) is 5. The van der Waals surface area contributed by atoms with Crippen molar-refractivity contribution in [2.45, 2.75) is 71.8 Å². The third-order valence-corrected chi connectivity index (χ3v) is 4.81. The van der Waals surface area contributed by atoms with Gasteiger partial charge in [-0.25, -0.2) is 4.79 Å². The van der Waals surface area contributed by atoms with Crippen LogP contribution < -0.4 is 5.63 Å². The van der Waals surface area contributed by atoms with E-state index in [0.29, 0.717) is 11.5 Å². The largest absolute Gasteiger partial charge is 0.506 e. The lowest BCUT2D eigenvalue weighted by atomic mass is 10.0. The van der Waals surface area contributed by atoms with E-state index >= 15 is 0 Å². The molecular weight excluding hydrogens is 344 g/mol. The molecule has 1 aromatic heterocycles. The Kier molecular flexibility index (Phi) is 8.04. The van der Waals surface area contributed by atoms with Gasteiger partial charge in [-0.15, -0.1) is 0 Å². The monoisotopic (exact) mass is 374 g/mol. The second-order valence-electron chi connectivity index (χ2n) is 7.15. The van der Waals surface area contributed by atoms with Crippen LogP contribution in [-0.2, 0) is 4.74 Å². The number of ketones is 1. The van der Waals surface area contributed by atoms with Crippen LogP contribution in [0, 0.1) is 6.92 Å². The molecule has 1 aromatic carbocycles. The van der Waals surface area contributed by atoms with Gasteiger partial charge < -0.3 is 14.3 Å². The molecule has 5 heteroatoms. The number of fused-ring (bicyclic) bond motifs is 1. The maximum absolute atomic E-state index is 11.4. The van der Waals surface area contributed by atoms with Crippen molar-refractivity contribution in [2.75, 3.05) is 6.61 Å². The Morgan fingerprint density at radius 2 is 1.93 bits per heavy atom. The minimum atomic E-state index is -0.804. The van der Waals surface area contributed by atoms with Crippen LogP contribution in [0.3, 0.4) is 0 Å². The molecule has 0 spiro atoms. The first-order valence-corrected chi connectivity index (χ1v) is 9.83. The topological polar surface area (TPSA) is 76.7 Å². The number of rotatable bonds is 7. The van der Waals surface area contributed by atoms with Crippen molar-refractivity contribution < 1.29 is 19.1 Å². The Bertz CT molecular complexity index is 817. The van der Waals surface area contributed by atoms with Gasteiger partial charge in [0.15, 0.2) is 5.78 Å². The van der Waals surface area contributed by atoms with Crippen molar-refractivity contribution in [3.8, 4) is 5.75 Å². The molecule has 0 bridgehead atoms. The summed E-state index contributed by atoms with van der Waals surface area (Å²) in [6.07, 6.45) is 10.2. The molecule has 148 valence electrons. The SMILES string of the molecule is CC(=O)c1c(O)c2cc(C)ccc2oc1=O.CCCCCCCC1CCO1. The highest BCUT2D eigenvalue weighted by molar-refractivity contribution is 6.01. The molecule has 1 N–H and O–H groups in total. The zero-order valence-corrected chi connectivity index (χ0v) is 16.5. The van der Waals surface area contributed by atoms with Crippen LogP contribution in [0.2, 0.25) is 0 Å². The fourth-order valence-electron chi connectivity index (χ4n) is 3.10. The van der Waals surface area contributed by atoms with E-state index in [1.807, 2.05) is 6.92 Å². The summed E-state index contributed by atoms with van der Waals surface area (Å²) >= 11 is 0. The quantitative estimate of drug-likeness (QED) is 0.412. The van der Waals surface area contributed by atoms with E-state index < -0.39 is 11.4 Å². The summed E-state index contributed by atoms with van der Waals surface area (Å²) in [7, 11) is 0. The second-order valence-corrected chi connectivity index (χ2v) is 7.15. The molecule has 1 aliphatic heterocycles. The molecule has 1 aliphatic rings. The van der Waals surface area contributed by atoms with Crippen LogP contribution in [0.25, 0.3) is 11.0 Å². The predicted molar refractivity (Wildman–Crippen MR) is 107 cm³/mol. The third kappa shape index (κ3) is 5.93. The molecule has 0 amide bonds. The number of ether oxygens (including phenoxy) is 1. The summed E-state index contributed by atoms with van der Waals surface area (Å²) in [6.45, 7) is 6.33. The fourth-order valence-corrected chi connectivity index (χ4v) is 3.10. The maximum Gasteiger partial charge on any atom is 0.351 e. The highest BCUT2D eigenvalue weighted by atomic mass is 16.5. The summed E-state index contributed by atoms with van der Waals surface area (Å²) in [5.41, 5.74) is 0.0868. The van der Waals surface area contributed by atoms with Crippen molar-refractivity contribution in [1.82, 2.24) is 0 Å². The normalized spacial score (nSPS) is 15.7. The van der Waals surface area contributed by atoms with Gasteiger partial charge in [0.2, 0.25) is 0 Å². The van der Waals surface area contributed by atoms with Gasteiger partial charge in [0.25, 0.3) is 0 Å². The number of unbranched alkanes of at least 4 members (excludes halogenated alkanes) is 4. The maximum atomic E-state index is 11.4. The molecule has 1 unspecified atom stereocenters. The number of aromatic hydroxyl groups is 1. The minimum absolute atomic E-state index is 0.276. The smallest absolute Gasteiger partial charge is 0.351 e. The standard InChI is InChI=1S/C12H10O4.C10H20O/c1-6-3-4-9-8(5-6)11(14)10(7(2)13)12(15)16-9;1-2-3-4-5-6-7-10-8-9-11-10/h3-5,14H,1-2H3;10H,2-9H2,1H3. The summed E-state index contributed by atoms with van der Waals surface area (Å²) in [6, 6.07) is 5.02. The van der Waals surface area contributed by atoms with E-state index in [-0.39, 0.29) is 16.9 Å². The van der Waals surface area contributed by atoms with Gasteiger partial charge in [-0.3, -0.25) is 4.79 Å². The average Bonchev–Trinajstić information content (AvgIpc) is 2.57. The summed E-state index contributed by atoms with van der Waals surface area (Å²) in [4.78, 5) is 22.6. The van der Waals surface area contributed by atoms with Gasteiger partial charge in [-0.1, -0.05) is 50.7 Å². The second kappa shape index (κ2) is 10.3. The van der Waals surface area contributed by atoms with E-state index in [1.165, 1.54) is 51.9 Å². The van der Waals surface area contributed by atoms with Gasteiger partial charge in [0.05, 0.1) is 11.5 Å². The van der Waals surface area contributed by atoms with Gasteiger partial charge in [0, 0.05) is 6.61 Å².